The fourth-order valence-corrected chi connectivity index (χ4v) is 9.62. The van der Waals surface area contributed by atoms with E-state index in [4.69, 9.17) is 4.52 Å². The first kappa shape index (κ1) is 37.7. The predicted molar refractivity (Wildman–Crippen MR) is 223 cm³/mol. The summed E-state index contributed by atoms with van der Waals surface area (Å²) in [6.07, 6.45) is -0.639. The van der Waals surface area contributed by atoms with Gasteiger partial charge in [0.1, 0.15) is 17.7 Å². The lowest BCUT2D eigenvalue weighted by Crippen LogP contribution is -2.72. The topological polar surface area (TPSA) is 161 Å². The van der Waals surface area contributed by atoms with Crippen LogP contribution in [0, 0.1) is 18.3 Å². The molecule has 13 nitrogen and oxygen atoms in total. The zero-order valence-corrected chi connectivity index (χ0v) is 33.7. The van der Waals surface area contributed by atoms with Gasteiger partial charge in [0.05, 0.1) is 39.4 Å². The van der Waals surface area contributed by atoms with Crippen molar-refractivity contribution in [3.05, 3.63) is 101 Å². The highest BCUT2D eigenvalue weighted by Gasteiger charge is 2.53. The second-order valence-electron chi connectivity index (χ2n) is 16.5. The minimum absolute atomic E-state index is 0.0760. The Balaban J connectivity index is 0.816. The number of β-amino-alcohol motifs (C(OH)–C–C–N with tert-alkyl or cyclic N) is 1. The van der Waals surface area contributed by atoms with Crippen molar-refractivity contribution < 1.29 is 24.3 Å². The first-order valence-electron chi connectivity index (χ1n) is 19.8. The van der Waals surface area contributed by atoms with Gasteiger partial charge in [-0.05, 0) is 61.2 Å². The van der Waals surface area contributed by atoms with Gasteiger partial charge in [-0.2, -0.15) is 0 Å². The summed E-state index contributed by atoms with van der Waals surface area (Å²) in [7, 11) is 0. The van der Waals surface area contributed by atoms with Crippen LogP contribution >= 0.6 is 11.3 Å². The maximum absolute atomic E-state index is 14.3. The number of nitrogens with zero attached hydrogens (tertiary/aromatic N) is 7. The number of hydrogen-bond donors (Lipinski definition) is 3. The number of aromatic nitrogens is 4. The lowest BCUT2D eigenvalue weighted by Gasteiger charge is -2.61. The fraction of sp³-hybridized carbons (Fsp3) is 0.364. The molecular weight excluding hydrogens is 753 g/mol. The summed E-state index contributed by atoms with van der Waals surface area (Å²) >= 11 is 1.60. The van der Waals surface area contributed by atoms with Crippen LogP contribution in [0.4, 0.5) is 11.5 Å². The molecule has 1 spiro atoms. The SMILES string of the molecule is Cc1ncsc1-c1ccc(C(C)NC(=O)[C@H]2C[C@H](O)CN2C(=O)C(c2cc(N3CC4(CN(c5ccc6cc(-c7ccccc7O)nnc6c5)C4)C3)no2)C(C)C)cc1. The summed E-state index contributed by atoms with van der Waals surface area (Å²) in [6.45, 7) is 11.3. The molecule has 3 N–H and O–H groups in total. The number of para-hydroxylation sites is 1. The van der Waals surface area contributed by atoms with Gasteiger partial charge in [0.2, 0.25) is 11.8 Å². The average Bonchev–Trinajstić information content (AvgIpc) is 3.94. The highest BCUT2D eigenvalue weighted by molar-refractivity contribution is 7.13. The molecule has 0 radical (unpaired) electrons. The average molecular weight is 799 g/mol. The van der Waals surface area contributed by atoms with Crippen molar-refractivity contribution in [3.8, 4) is 27.4 Å². The minimum atomic E-state index is -0.806. The molecule has 58 heavy (non-hydrogen) atoms. The quantitative estimate of drug-likeness (QED) is 0.142. The summed E-state index contributed by atoms with van der Waals surface area (Å²) in [6, 6.07) is 24.1. The maximum atomic E-state index is 14.3. The molecule has 3 aliphatic heterocycles. The standard InChI is InChI=1S/C44H46N8O5S/c1-25(2)40(43(56)52-19-32(53)17-36(52)42(55)46-26(3)28-9-11-29(12-10-28)41-27(4)45-24-58-41)38-18-39(49-57-38)51-22-44(23-51)20-50(21-44)31-14-13-30-15-35(48-47-34(30)16-31)33-7-5-6-8-37(33)54/h5-16,18,24-26,32,36,40,53-54H,17,19-23H2,1-4H3,(H,46,55)/t26?,32-,36+,40?/m0/s1. The third-order valence-corrected chi connectivity index (χ3v) is 12.9. The van der Waals surface area contributed by atoms with E-state index in [-0.39, 0.29) is 47.9 Å². The highest BCUT2D eigenvalue weighted by Crippen LogP contribution is 2.45. The first-order chi connectivity index (χ1) is 27.9. The van der Waals surface area contributed by atoms with E-state index in [1.807, 2.05) is 87.8 Å². The van der Waals surface area contributed by atoms with Crippen molar-refractivity contribution in [1.29, 1.82) is 0 Å². The number of phenolic OH excluding ortho intramolecular Hbond substituents is 1. The van der Waals surface area contributed by atoms with Crippen molar-refractivity contribution in [3.63, 3.8) is 0 Å². The summed E-state index contributed by atoms with van der Waals surface area (Å²) in [4.78, 5) is 39.5. The molecule has 2 amide bonds. The van der Waals surface area contributed by atoms with E-state index in [9.17, 15) is 19.8 Å². The number of aliphatic hydroxyl groups is 1. The Morgan fingerprint density at radius 1 is 0.948 bits per heavy atom. The Morgan fingerprint density at radius 3 is 2.43 bits per heavy atom. The van der Waals surface area contributed by atoms with E-state index in [2.05, 4.69) is 47.6 Å². The van der Waals surface area contributed by atoms with Crippen molar-refractivity contribution in [2.24, 2.45) is 11.3 Å². The van der Waals surface area contributed by atoms with Gasteiger partial charge in [0.15, 0.2) is 11.6 Å². The van der Waals surface area contributed by atoms with Crippen LogP contribution in [0.15, 0.2) is 88.9 Å². The minimum Gasteiger partial charge on any atom is -0.507 e. The van der Waals surface area contributed by atoms with Gasteiger partial charge >= 0.3 is 0 Å². The Kier molecular flexibility index (Phi) is 9.63. The molecule has 0 bridgehead atoms. The van der Waals surface area contributed by atoms with Crippen LogP contribution < -0.4 is 15.1 Å². The largest absolute Gasteiger partial charge is 0.507 e. The smallest absolute Gasteiger partial charge is 0.243 e. The summed E-state index contributed by atoms with van der Waals surface area (Å²) in [5, 5.41) is 38.2. The van der Waals surface area contributed by atoms with E-state index < -0.39 is 18.1 Å². The number of benzene rings is 3. The van der Waals surface area contributed by atoms with Gasteiger partial charge in [-0.3, -0.25) is 9.59 Å². The van der Waals surface area contributed by atoms with Crippen LogP contribution in [0.2, 0.25) is 0 Å². The summed E-state index contributed by atoms with van der Waals surface area (Å²) in [5.74, 6) is -0.0264. The Labute approximate surface area is 340 Å². The number of thiazole rings is 1. The van der Waals surface area contributed by atoms with Crippen LogP contribution in [-0.2, 0) is 9.59 Å². The molecule has 3 aliphatic rings. The number of hydrogen-bond acceptors (Lipinski definition) is 12. The number of carbonyl (C=O) groups is 2. The molecule has 298 valence electrons. The van der Waals surface area contributed by atoms with Crippen LogP contribution in [0.25, 0.3) is 32.6 Å². The van der Waals surface area contributed by atoms with Gasteiger partial charge < -0.3 is 34.8 Å². The molecule has 0 aliphatic carbocycles. The highest BCUT2D eigenvalue weighted by atomic mass is 32.1. The van der Waals surface area contributed by atoms with E-state index in [1.165, 1.54) is 4.90 Å². The molecule has 14 heteroatoms. The number of amides is 2. The number of carbonyl (C=O) groups excluding carboxylic acids is 2. The van der Waals surface area contributed by atoms with Crippen molar-refractivity contribution in [2.75, 3.05) is 42.5 Å². The third-order valence-electron chi connectivity index (χ3n) is 11.9. The normalized spacial score (nSPS) is 19.7. The van der Waals surface area contributed by atoms with Crippen molar-refractivity contribution in [2.45, 2.75) is 58.2 Å². The van der Waals surface area contributed by atoms with Crippen molar-refractivity contribution in [1.82, 2.24) is 30.6 Å². The summed E-state index contributed by atoms with van der Waals surface area (Å²) in [5.41, 5.74) is 8.14. The molecule has 3 aromatic carbocycles. The number of nitrogens with one attached hydrogen (secondary N) is 1. The lowest BCUT2D eigenvalue weighted by atomic mass is 9.72. The van der Waals surface area contributed by atoms with Gasteiger partial charge in [0, 0.05) is 67.3 Å². The molecular formula is C44H46N8O5S. The Bertz CT molecular complexity index is 2490. The maximum Gasteiger partial charge on any atom is 0.243 e. The molecule has 0 saturated carbocycles. The number of aliphatic hydroxyl groups excluding tert-OH is 1. The molecule has 3 fully saturated rings. The number of rotatable bonds is 10. The van der Waals surface area contributed by atoms with E-state index in [1.54, 1.807) is 23.5 Å². The number of phenols is 1. The zero-order valence-electron chi connectivity index (χ0n) is 32.9. The Morgan fingerprint density at radius 2 is 1.71 bits per heavy atom. The molecule has 6 heterocycles. The van der Waals surface area contributed by atoms with E-state index >= 15 is 0 Å². The van der Waals surface area contributed by atoms with Crippen LogP contribution in [0.1, 0.15) is 56.2 Å². The van der Waals surface area contributed by atoms with Crippen LogP contribution in [0.3, 0.4) is 0 Å². The molecule has 3 saturated heterocycles. The van der Waals surface area contributed by atoms with Crippen LogP contribution in [0.5, 0.6) is 5.75 Å². The first-order valence-corrected chi connectivity index (χ1v) is 20.6. The molecule has 6 aromatic rings. The molecule has 4 atom stereocenters. The number of fused-ring (bicyclic) bond motifs is 1. The number of likely N-dealkylation sites (tertiary alicyclic amines) is 1. The molecule has 9 rings (SSSR count). The number of anilines is 2. The fourth-order valence-electron chi connectivity index (χ4n) is 8.80. The second-order valence-corrected chi connectivity index (χ2v) is 17.4. The number of aryl methyl sites for hydroxylation is 1. The monoisotopic (exact) mass is 798 g/mol. The van der Waals surface area contributed by atoms with E-state index in [0.29, 0.717) is 22.8 Å². The zero-order chi connectivity index (χ0) is 40.3. The number of aromatic hydroxyl groups is 1. The predicted octanol–water partition coefficient (Wildman–Crippen LogP) is 6.33. The second kappa shape index (κ2) is 14.8. The Hall–Kier alpha value is -5.86. The summed E-state index contributed by atoms with van der Waals surface area (Å²) < 4.78 is 5.87. The van der Waals surface area contributed by atoms with Gasteiger partial charge in [0.25, 0.3) is 0 Å². The van der Waals surface area contributed by atoms with Crippen LogP contribution in [-0.4, -0.2) is 92.1 Å². The molecule has 3 aromatic heterocycles. The molecule has 2 unspecified atom stereocenters. The van der Waals surface area contributed by atoms with Gasteiger partial charge in [-0.1, -0.05) is 61.5 Å². The third kappa shape index (κ3) is 6.93. The van der Waals surface area contributed by atoms with Gasteiger partial charge in [-0.15, -0.1) is 21.5 Å². The van der Waals surface area contributed by atoms with Gasteiger partial charge in [-0.25, -0.2) is 4.98 Å². The lowest BCUT2D eigenvalue weighted by molar-refractivity contribution is -0.141. The van der Waals surface area contributed by atoms with E-state index in [0.717, 1.165) is 64.5 Å². The van der Waals surface area contributed by atoms with Crippen molar-refractivity contribution >= 4 is 45.6 Å².